The Morgan fingerprint density at radius 3 is 2.68 bits per heavy atom. The molecule has 0 aliphatic heterocycles. The summed E-state index contributed by atoms with van der Waals surface area (Å²) in [5.74, 6) is 0.429. The highest BCUT2D eigenvalue weighted by Crippen LogP contribution is 2.30. The largest absolute Gasteiger partial charge is 0.351 e. The zero-order valence-electron chi connectivity index (χ0n) is 10.5. The highest BCUT2D eigenvalue weighted by molar-refractivity contribution is 6.32. The summed E-state index contributed by atoms with van der Waals surface area (Å²) in [7, 11) is 1.82. The van der Waals surface area contributed by atoms with E-state index < -0.39 is 0 Å². The molecule has 1 unspecified atom stereocenters. The van der Waals surface area contributed by atoms with Crippen molar-refractivity contribution in [1.82, 2.24) is 9.97 Å². The van der Waals surface area contributed by atoms with Crippen molar-refractivity contribution in [1.29, 1.82) is 0 Å². The molecule has 0 radical (unpaired) electrons. The lowest BCUT2D eigenvalue weighted by molar-refractivity contribution is 0.726. The van der Waals surface area contributed by atoms with Crippen molar-refractivity contribution in [3.63, 3.8) is 0 Å². The summed E-state index contributed by atoms with van der Waals surface area (Å²) >= 11 is 12.2. The molecule has 2 rings (SSSR count). The molecule has 0 bridgehead atoms. The Morgan fingerprint density at radius 1 is 1.32 bits per heavy atom. The van der Waals surface area contributed by atoms with Crippen LogP contribution in [-0.2, 0) is 0 Å². The second-order valence-electron chi connectivity index (χ2n) is 4.18. The van der Waals surface area contributed by atoms with Gasteiger partial charge in [0.25, 0.3) is 5.56 Å². The van der Waals surface area contributed by atoms with Crippen molar-refractivity contribution >= 4 is 29.0 Å². The SMILES string of the molecule is CC(c1ccccc1Cl)N(C)c1nc[nH]c(=O)c1Cl. The molecule has 0 fully saturated rings. The molecule has 1 atom stereocenters. The quantitative estimate of drug-likeness (QED) is 0.946. The number of halogens is 2. The molecular formula is C13H13Cl2N3O. The van der Waals surface area contributed by atoms with Crippen LogP contribution >= 0.6 is 23.2 Å². The van der Waals surface area contributed by atoms with Gasteiger partial charge in [0.15, 0.2) is 5.82 Å². The van der Waals surface area contributed by atoms with Gasteiger partial charge >= 0.3 is 0 Å². The van der Waals surface area contributed by atoms with Crippen molar-refractivity contribution in [2.45, 2.75) is 13.0 Å². The smallest absolute Gasteiger partial charge is 0.271 e. The standard InChI is InChI=1S/C13H13Cl2N3O/c1-8(9-5-3-4-6-10(9)14)18(2)12-11(15)13(19)17-7-16-12/h3-8H,1-2H3,(H,16,17,19). The molecule has 0 aliphatic rings. The fourth-order valence-corrected chi connectivity index (χ4v) is 2.36. The monoisotopic (exact) mass is 297 g/mol. The Kier molecular flexibility index (Phi) is 4.12. The van der Waals surface area contributed by atoms with E-state index in [-0.39, 0.29) is 16.6 Å². The van der Waals surface area contributed by atoms with E-state index in [4.69, 9.17) is 23.2 Å². The summed E-state index contributed by atoms with van der Waals surface area (Å²) in [5, 5.41) is 0.742. The van der Waals surface area contributed by atoms with E-state index in [1.807, 2.05) is 43.1 Å². The molecule has 2 aromatic rings. The molecule has 1 aromatic carbocycles. The van der Waals surface area contributed by atoms with E-state index in [9.17, 15) is 4.79 Å². The van der Waals surface area contributed by atoms with E-state index in [2.05, 4.69) is 9.97 Å². The summed E-state index contributed by atoms with van der Waals surface area (Å²) in [6.45, 7) is 1.97. The average Bonchev–Trinajstić information content (AvgIpc) is 2.41. The van der Waals surface area contributed by atoms with Crippen LogP contribution in [0.3, 0.4) is 0 Å². The van der Waals surface area contributed by atoms with Crippen LogP contribution < -0.4 is 10.5 Å². The first-order chi connectivity index (χ1) is 9.02. The van der Waals surface area contributed by atoms with Crippen LogP contribution in [0.4, 0.5) is 5.82 Å². The van der Waals surface area contributed by atoms with Crippen LogP contribution in [0.15, 0.2) is 35.4 Å². The van der Waals surface area contributed by atoms with Crippen LogP contribution in [0, 0.1) is 0 Å². The predicted molar refractivity (Wildman–Crippen MR) is 78.1 cm³/mol. The maximum absolute atomic E-state index is 11.5. The lowest BCUT2D eigenvalue weighted by Gasteiger charge is -2.27. The number of hydrogen-bond acceptors (Lipinski definition) is 3. The normalized spacial score (nSPS) is 12.2. The number of nitrogens with zero attached hydrogens (tertiary/aromatic N) is 2. The molecule has 19 heavy (non-hydrogen) atoms. The number of H-pyrrole nitrogens is 1. The van der Waals surface area contributed by atoms with Gasteiger partial charge in [-0.15, -0.1) is 0 Å². The van der Waals surface area contributed by atoms with Gasteiger partial charge in [0.1, 0.15) is 5.02 Å². The van der Waals surface area contributed by atoms with Gasteiger partial charge in [-0.05, 0) is 18.6 Å². The zero-order valence-corrected chi connectivity index (χ0v) is 12.0. The van der Waals surface area contributed by atoms with E-state index in [1.165, 1.54) is 6.33 Å². The molecule has 100 valence electrons. The van der Waals surface area contributed by atoms with Crippen LogP contribution in [0.2, 0.25) is 10.0 Å². The maximum Gasteiger partial charge on any atom is 0.271 e. The first-order valence-corrected chi connectivity index (χ1v) is 6.48. The number of hydrogen-bond donors (Lipinski definition) is 1. The third-order valence-electron chi connectivity index (χ3n) is 3.05. The molecule has 4 nitrogen and oxygen atoms in total. The van der Waals surface area contributed by atoms with Gasteiger partial charge < -0.3 is 9.88 Å². The van der Waals surface area contributed by atoms with Crippen LogP contribution in [0.25, 0.3) is 0 Å². The summed E-state index contributed by atoms with van der Waals surface area (Å²) in [4.78, 5) is 19.9. The number of rotatable bonds is 3. The lowest BCUT2D eigenvalue weighted by atomic mass is 10.1. The van der Waals surface area contributed by atoms with Gasteiger partial charge in [-0.3, -0.25) is 4.79 Å². The van der Waals surface area contributed by atoms with E-state index >= 15 is 0 Å². The molecule has 0 amide bonds. The van der Waals surface area contributed by atoms with Crippen LogP contribution in [0.5, 0.6) is 0 Å². The van der Waals surface area contributed by atoms with Crippen LogP contribution in [-0.4, -0.2) is 17.0 Å². The van der Waals surface area contributed by atoms with Gasteiger partial charge in [0.2, 0.25) is 0 Å². The fourth-order valence-electron chi connectivity index (χ4n) is 1.83. The van der Waals surface area contributed by atoms with Gasteiger partial charge in [-0.1, -0.05) is 41.4 Å². The minimum atomic E-state index is -0.357. The number of anilines is 1. The zero-order chi connectivity index (χ0) is 14.0. The molecule has 6 heteroatoms. The van der Waals surface area contributed by atoms with Gasteiger partial charge in [0.05, 0.1) is 12.4 Å². The molecular weight excluding hydrogens is 285 g/mol. The van der Waals surface area contributed by atoms with Crippen LogP contribution in [0.1, 0.15) is 18.5 Å². The first kappa shape index (κ1) is 13.9. The summed E-state index contributed by atoms with van der Waals surface area (Å²) in [6, 6.07) is 7.49. The van der Waals surface area contributed by atoms with Gasteiger partial charge in [0, 0.05) is 12.1 Å². The summed E-state index contributed by atoms with van der Waals surface area (Å²) in [6.07, 6.45) is 1.33. The number of aromatic amines is 1. The maximum atomic E-state index is 11.5. The summed E-state index contributed by atoms with van der Waals surface area (Å²) in [5.41, 5.74) is 0.592. The highest BCUT2D eigenvalue weighted by Gasteiger charge is 2.19. The molecule has 0 spiro atoms. The Bertz CT molecular complexity index is 642. The van der Waals surface area contributed by atoms with Gasteiger partial charge in [-0.25, -0.2) is 4.98 Å². The second kappa shape index (κ2) is 5.63. The minimum absolute atomic E-state index is 0.0551. The third-order valence-corrected chi connectivity index (χ3v) is 3.73. The molecule has 0 aliphatic carbocycles. The molecule has 1 heterocycles. The Morgan fingerprint density at radius 2 is 2.00 bits per heavy atom. The van der Waals surface area contributed by atoms with E-state index in [0.29, 0.717) is 10.8 Å². The topological polar surface area (TPSA) is 49.0 Å². The summed E-state index contributed by atoms with van der Waals surface area (Å²) < 4.78 is 0. The van der Waals surface area contributed by atoms with Gasteiger partial charge in [-0.2, -0.15) is 0 Å². The Balaban J connectivity index is 2.39. The Hall–Kier alpha value is -1.52. The average molecular weight is 298 g/mol. The lowest BCUT2D eigenvalue weighted by Crippen LogP contribution is -2.25. The van der Waals surface area contributed by atoms with Crippen molar-refractivity contribution < 1.29 is 0 Å². The number of benzene rings is 1. The van der Waals surface area contributed by atoms with Crippen molar-refractivity contribution in [3.05, 3.63) is 56.6 Å². The predicted octanol–water partition coefficient (Wildman–Crippen LogP) is 3.27. The molecule has 1 N–H and O–H groups in total. The van der Waals surface area contributed by atoms with Crippen molar-refractivity contribution in [2.24, 2.45) is 0 Å². The minimum Gasteiger partial charge on any atom is -0.351 e. The molecule has 0 saturated heterocycles. The van der Waals surface area contributed by atoms with Crippen molar-refractivity contribution in [3.8, 4) is 0 Å². The molecule has 0 saturated carbocycles. The second-order valence-corrected chi connectivity index (χ2v) is 4.96. The highest BCUT2D eigenvalue weighted by atomic mass is 35.5. The van der Waals surface area contributed by atoms with E-state index in [1.54, 1.807) is 0 Å². The first-order valence-electron chi connectivity index (χ1n) is 5.72. The number of nitrogens with one attached hydrogen (secondary N) is 1. The Labute approximate surface area is 121 Å². The fraction of sp³-hybridized carbons (Fsp3) is 0.231. The van der Waals surface area contributed by atoms with Crippen molar-refractivity contribution in [2.75, 3.05) is 11.9 Å². The molecule has 1 aromatic heterocycles. The number of aromatic nitrogens is 2. The third kappa shape index (κ3) is 2.74. The van der Waals surface area contributed by atoms with E-state index in [0.717, 1.165) is 5.56 Å².